The van der Waals surface area contributed by atoms with Crippen molar-refractivity contribution in [2.75, 3.05) is 7.11 Å². The number of halogens is 1. The summed E-state index contributed by atoms with van der Waals surface area (Å²) < 4.78 is 6.61. The molecule has 3 heteroatoms. The first-order valence-corrected chi connectivity index (χ1v) is 7.39. The van der Waals surface area contributed by atoms with E-state index in [4.69, 9.17) is 10.5 Å². The van der Waals surface area contributed by atoms with Crippen LogP contribution >= 0.6 is 22.6 Å². The maximum absolute atomic E-state index is 6.24. The topological polar surface area (TPSA) is 35.2 Å². The molecule has 1 atom stereocenters. The molecule has 0 aliphatic carbocycles. The number of rotatable bonds is 5. The molecule has 2 aromatic rings. The Balaban J connectivity index is 2.01. The van der Waals surface area contributed by atoms with E-state index < -0.39 is 0 Å². The number of ether oxygens (including phenoxy) is 1. The lowest BCUT2D eigenvalue weighted by Gasteiger charge is -2.14. The number of hydrogen-bond donors (Lipinski definition) is 1. The normalized spacial score (nSPS) is 12.2. The smallest absolute Gasteiger partial charge is 0.122 e. The summed E-state index contributed by atoms with van der Waals surface area (Å²) in [6, 6.07) is 16.7. The average molecular weight is 367 g/mol. The highest BCUT2D eigenvalue weighted by Crippen LogP contribution is 2.19. The fourth-order valence-corrected chi connectivity index (χ4v) is 2.51. The second-order valence-electron chi connectivity index (χ2n) is 4.61. The lowest BCUT2D eigenvalue weighted by molar-refractivity contribution is 0.408. The van der Waals surface area contributed by atoms with E-state index in [0.29, 0.717) is 0 Å². The van der Waals surface area contributed by atoms with E-state index in [2.05, 4.69) is 52.9 Å². The number of para-hydroxylation sites is 1. The summed E-state index contributed by atoms with van der Waals surface area (Å²) in [5, 5.41) is 0. The summed E-state index contributed by atoms with van der Waals surface area (Å²) in [6.45, 7) is 0. The molecule has 100 valence electrons. The average Bonchev–Trinajstić information content (AvgIpc) is 2.42. The van der Waals surface area contributed by atoms with Crippen LogP contribution in [0.2, 0.25) is 0 Å². The molecule has 0 heterocycles. The molecule has 0 aliphatic heterocycles. The first-order chi connectivity index (χ1) is 9.19. The van der Waals surface area contributed by atoms with Crippen LogP contribution in [0.1, 0.15) is 11.1 Å². The van der Waals surface area contributed by atoms with Gasteiger partial charge in [-0.2, -0.15) is 0 Å². The first-order valence-electron chi connectivity index (χ1n) is 6.31. The highest BCUT2D eigenvalue weighted by atomic mass is 127. The second-order valence-corrected chi connectivity index (χ2v) is 5.85. The number of methoxy groups -OCH3 is 1. The lowest BCUT2D eigenvalue weighted by Crippen LogP contribution is -2.25. The molecule has 0 saturated heterocycles. The third-order valence-electron chi connectivity index (χ3n) is 3.09. The van der Waals surface area contributed by atoms with Gasteiger partial charge in [0.15, 0.2) is 0 Å². The minimum absolute atomic E-state index is 0.108. The molecular weight excluding hydrogens is 349 g/mol. The third kappa shape index (κ3) is 4.21. The van der Waals surface area contributed by atoms with Gasteiger partial charge in [0, 0.05) is 9.61 Å². The zero-order valence-corrected chi connectivity index (χ0v) is 13.1. The minimum atomic E-state index is 0.108. The molecule has 0 fully saturated rings. The SMILES string of the molecule is COc1ccccc1CC(N)Cc1ccc(I)cc1. The van der Waals surface area contributed by atoms with Gasteiger partial charge in [-0.3, -0.25) is 0 Å². The van der Waals surface area contributed by atoms with Gasteiger partial charge in [-0.1, -0.05) is 30.3 Å². The summed E-state index contributed by atoms with van der Waals surface area (Å²) in [5.41, 5.74) is 8.69. The van der Waals surface area contributed by atoms with E-state index >= 15 is 0 Å². The monoisotopic (exact) mass is 367 g/mol. The van der Waals surface area contributed by atoms with Crippen molar-refractivity contribution in [3.05, 3.63) is 63.2 Å². The van der Waals surface area contributed by atoms with Crippen LogP contribution in [0.25, 0.3) is 0 Å². The van der Waals surface area contributed by atoms with E-state index in [1.807, 2.05) is 18.2 Å². The van der Waals surface area contributed by atoms with Gasteiger partial charge < -0.3 is 10.5 Å². The van der Waals surface area contributed by atoms with Crippen molar-refractivity contribution in [1.82, 2.24) is 0 Å². The van der Waals surface area contributed by atoms with Gasteiger partial charge in [-0.25, -0.2) is 0 Å². The molecule has 0 bridgehead atoms. The van der Waals surface area contributed by atoms with Crippen LogP contribution in [0.5, 0.6) is 5.75 Å². The maximum Gasteiger partial charge on any atom is 0.122 e. The van der Waals surface area contributed by atoms with Crippen molar-refractivity contribution in [2.45, 2.75) is 18.9 Å². The van der Waals surface area contributed by atoms with Crippen LogP contribution < -0.4 is 10.5 Å². The van der Waals surface area contributed by atoms with Crippen molar-refractivity contribution < 1.29 is 4.74 Å². The zero-order chi connectivity index (χ0) is 13.7. The number of hydrogen-bond acceptors (Lipinski definition) is 2. The molecule has 0 aliphatic rings. The molecule has 0 radical (unpaired) electrons. The summed E-state index contributed by atoms with van der Waals surface area (Å²) in [7, 11) is 1.70. The third-order valence-corrected chi connectivity index (χ3v) is 3.80. The highest BCUT2D eigenvalue weighted by Gasteiger charge is 2.09. The summed E-state index contributed by atoms with van der Waals surface area (Å²) in [5.74, 6) is 0.917. The molecule has 19 heavy (non-hydrogen) atoms. The Morgan fingerprint density at radius 1 is 1.05 bits per heavy atom. The van der Waals surface area contributed by atoms with Gasteiger partial charge in [-0.15, -0.1) is 0 Å². The van der Waals surface area contributed by atoms with Crippen LogP contribution in [0.3, 0.4) is 0 Å². The molecule has 2 nitrogen and oxygen atoms in total. The molecule has 2 N–H and O–H groups in total. The predicted octanol–water partition coefficient (Wildman–Crippen LogP) is 3.41. The summed E-state index contributed by atoms with van der Waals surface area (Å²) in [4.78, 5) is 0. The van der Waals surface area contributed by atoms with Crippen molar-refractivity contribution in [3.8, 4) is 5.75 Å². The molecule has 1 unspecified atom stereocenters. The minimum Gasteiger partial charge on any atom is -0.496 e. The zero-order valence-electron chi connectivity index (χ0n) is 11.0. The Morgan fingerprint density at radius 2 is 1.74 bits per heavy atom. The van der Waals surface area contributed by atoms with Gasteiger partial charge in [-0.05, 0) is 64.8 Å². The van der Waals surface area contributed by atoms with E-state index in [1.54, 1.807) is 7.11 Å². The highest BCUT2D eigenvalue weighted by molar-refractivity contribution is 14.1. The van der Waals surface area contributed by atoms with Crippen LogP contribution in [0, 0.1) is 3.57 Å². The fourth-order valence-electron chi connectivity index (χ4n) is 2.15. The molecule has 0 amide bonds. The van der Waals surface area contributed by atoms with Gasteiger partial charge >= 0.3 is 0 Å². The molecule has 0 aromatic heterocycles. The van der Waals surface area contributed by atoms with Gasteiger partial charge in [0.1, 0.15) is 5.75 Å². The molecule has 2 aromatic carbocycles. The van der Waals surface area contributed by atoms with Crippen molar-refractivity contribution >= 4 is 22.6 Å². The molecule has 2 rings (SSSR count). The van der Waals surface area contributed by atoms with Crippen molar-refractivity contribution in [1.29, 1.82) is 0 Å². The Bertz CT molecular complexity index is 525. The number of nitrogens with two attached hydrogens (primary N) is 1. The molecule has 0 spiro atoms. The number of benzene rings is 2. The summed E-state index contributed by atoms with van der Waals surface area (Å²) in [6.07, 6.45) is 1.71. The van der Waals surface area contributed by atoms with E-state index in [-0.39, 0.29) is 6.04 Å². The lowest BCUT2D eigenvalue weighted by atomic mass is 9.99. The van der Waals surface area contributed by atoms with Gasteiger partial charge in [0.25, 0.3) is 0 Å². The van der Waals surface area contributed by atoms with Crippen LogP contribution in [0.15, 0.2) is 48.5 Å². The molecular formula is C16H18INO. The largest absolute Gasteiger partial charge is 0.496 e. The standard InChI is InChI=1S/C16H18INO/c1-19-16-5-3-2-4-13(16)11-15(18)10-12-6-8-14(17)9-7-12/h2-9,15H,10-11,18H2,1H3. The van der Waals surface area contributed by atoms with E-state index in [1.165, 1.54) is 14.7 Å². The Labute approximate surface area is 128 Å². The Hall–Kier alpha value is -1.07. The van der Waals surface area contributed by atoms with Gasteiger partial charge in [0.05, 0.1) is 7.11 Å². The first kappa shape index (κ1) is 14.3. The second kappa shape index (κ2) is 6.91. The maximum atomic E-state index is 6.24. The Kier molecular flexibility index (Phi) is 5.22. The predicted molar refractivity (Wildman–Crippen MR) is 87.5 cm³/mol. The Morgan fingerprint density at radius 3 is 2.42 bits per heavy atom. The van der Waals surface area contributed by atoms with Crippen LogP contribution in [-0.2, 0) is 12.8 Å². The molecule has 0 saturated carbocycles. The van der Waals surface area contributed by atoms with Crippen LogP contribution in [-0.4, -0.2) is 13.2 Å². The van der Waals surface area contributed by atoms with Gasteiger partial charge in [0.2, 0.25) is 0 Å². The van der Waals surface area contributed by atoms with Crippen LogP contribution in [0.4, 0.5) is 0 Å². The van der Waals surface area contributed by atoms with Crippen molar-refractivity contribution in [3.63, 3.8) is 0 Å². The fraction of sp³-hybridized carbons (Fsp3) is 0.250. The quantitative estimate of drug-likeness (QED) is 0.823. The van der Waals surface area contributed by atoms with E-state index in [9.17, 15) is 0 Å². The van der Waals surface area contributed by atoms with E-state index in [0.717, 1.165) is 18.6 Å². The van der Waals surface area contributed by atoms with Crippen molar-refractivity contribution in [2.24, 2.45) is 5.73 Å². The summed E-state index contributed by atoms with van der Waals surface area (Å²) >= 11 is 2.31.